The van der Waals surface area contributed by atoms with E-state index in [0.717, 1.165) is 25.1 Å². The lowest BCUT2D eigenvalue weighted by atomic mass is 9.94. The van der Waals surface area contributed by atoms with E-state index in [9.17, 15) is 4.79 Å². The van der Waals surface area contributed by atoms with Gasteiger partial charge in [0.25, 0.3) is 0 Å². The van der Waals surface area contributed by atoms with E-state index in [-0.39, 0.29) is 18.4 Å². The second-order valence-corrected chi connectivity index (χ2v) is 5.30. The van der Waals surface area contributed by atoms with Crippen LogP contribution in [0.5, 0.6) is 0 Å². The number of rotatable bonds is 3. The van der Waals surface area contributed by atoms with Crippen LogP contribution in [0.25, 0.3) is 0 Å². The minimum absolute atomic E-state index is 0.00924. The van der Waals surface area contributed by atoms with Gasteiger partial charge in [0.1, 0.15) is 0 Å². The van der Waals surface area contributed by atoms with Gasteiger partial charge in [-0.1, -0.05) is 0 Å². The number of aliphatic hydroxyl groups is 1. The Morgan fingerprint density at radius 1 is 1.71 bits per heavy atom. The molecule has 17 heavy (non-hydrogen) atoms. The molecule has 0 spiro atoms. The van der Waals surface area contributed by atoms with Gasteiger partial charge in [-0.05, 0) is 20.3 Å². The number of carbonyl (C=O) groups is 1. The lowest BCUT2D eigenvalue weighted by Crippen LogP contribution is -2.49. The van der Waals surface area contributed by atoms with Crippen molar-refractivity contribution in [2.45, 2.75) is 38.8 Å². The molecule has 1 aromatic heterocycles. The van der Waals surface area contributed by atoms with Crippen molar-refractivity contribution in [1.82, 2.24) is 14.9 Å². The average Bonchev–Trinajstić information content (AvgIpc) is 2.75. The molecular weight excluding hydrogens is 218 g/mol. The molecule has 0 fully saturated rings. The summed E-state index contributed by atoms with van der Waals surface area (Å²) in [5, 5.41) is 12.0. The SMILES string of the molecule is CC(C)(CO)NC(=O)C1CCn2cncc2C1. The van der Waals surface area contributed by atoms with Crippen LogP contribution in [0.1, 0.15) is 26.0 Å². The minimum atomic E-state index is -0.547. The molecule has 0 aromatic carbocycles. The van der Waals surface area contributed by atoms with Crippen LogP contribution in [-0.4, -0.2) is 32.7 Å². The van der Waals surface area contributed by atoms with Crippen molar-refractivity contribution in [2.24, 2.45) is 5.92 Å². The molecule has 1 unspecified atom stereocenters. The number of imidazole rings is 1. The molecule has 0 saturated carbocycles. The zero-order chi connectivity index (χ0) is 12.5. The molecule has 1 amide bonds. The Labute approximate surface area is 101 Å². The number of aryl methyl sites for hydroxylation is 1. The summed E-state index contributed by atoms with van der Waals surface area (Å²) in [6, 6.07) is 0. The number of hydrogen-bond acceptors (Lipinski definition) is 3. The van der Waals surface area contributed by atoms with Gasteiger partial charge < -0.3 is 15.0 Å². The summed E-state index contributed by atoms with van der Waals surface area (Å²) < 4.78 is 2.08. The highest BCUT2D eigenvalue weighted by Gasteiger charge is 2.28. The van der Waals surface area contributed by atoms with Crippen LogP contribution in [-0.2, 0) is 17.8 Å². The maximum Gasteiger partial charge on any atom is 0.224 e. The third-order valence-electron chi connectivity index (χ3n) is 3.20. The van der Waals surface area contributed by atoms with E-state index in [0.29, 0.717) is 0 Å². The summed E-state index contributed by atoms with van der Waals surface area (Å²) in [4.78, 5) is 16.1. The maximum absolute atomic E-state index is 12.1. The van der Waals surface area contributed by atoms with Gasteiger partial charge in [-0.25, -0.2) is 4.98 Å². The Bertz CT molecular complexity index is 412. The van der Waals surface area contributed by atoms with Crippen LogP contribution in [0.2, 0.25) is 0 Å². The van der Waals surface area contributed by atoms with Crippen LogP contribution in [0.4, 0.5) is 0 Å². The van der Waals surface area contributed by atoms with E-state index in [1.165, 1.54) is 0 Å². The highest BCUT2D eigenvalue weighted by molar-refractivity contribution is 5.79. The number of nitrogens with zero attached hydrogens (tertiary/aromatic N) is 2. The Morgan fingerprint density at radius 2 is 2.47 bits per heavy atom. The van der Waals surface area contributed by atoms with Gasteiger partial charge in [0.2, 0.25) is 5.91 Å². The second kappa shape index (κ2) is 4.49. The smallest absolute Gasteiger partial charge is 0.224 e. The number of fused-ring (bicyclic) bond motifs is 1. The molecule has 1 aliphatic heterocycles. The second-order valence-electron chi connectivity index (χ2n) is 5.30. The van der Waals surface area contributed by atoms with Crippen LogP contribution in [0.15, 0.2) is 12.5 Å². The molecule has 2 N–H and O–H groups in total. The van der Waals surface area contributed by atoms with Crippen molar-refractivity contribution in [3.8, 4) is 0 Å². The first kappa shape index (κ1) is 12.1. The van der Waals surface area contributed by atoms with Crippen molar-refractivity contribution in [2.75, 3.05) is 6.61 Å². The van der Waals surface area contributed by atoms with Crippen LogP contribution in [0, 0.1) is 5.92 Å². The summed E-state index contributed by atoms with van der Waals surface area (Å²) in [7, 11) is 0. The number of aromatic nitrogens is 2. The highest BCUT2D eigenvalue weighted by Crippen LogP contribution is 2.20. The lowest BCUT2D eigenvalue weighted by Gasteiger charge is -2.29. The summed E-state index contributed by atoms with van der Waals surface area (Å²) >= 11 is 0. The summed E-state index contributed by atoms with van der Waals surface area (Å²) in [6.07, 6.45) is 5.18. The minimum Gasteiger partial charge on any atom is -0.394 e. The number of carbonyl (C=O) groups excluding carboxylic acids is 1. The fraction of sp³-hybridized carbons (Fsp3) is 0.667. The first-order chi connectivity index (χ1) is 8.02. The molecule has 2 rings (SSSR count). The van der Waals surface area contributed by atoms with E-state index in [1.54, 1.807) is 6.33 Å². The van der Waals surface area contributed by atoms with Gasteiger partial charge >= 0.3 is 0 Å². The van der Waals surface area contributed by atoms with Gasteiger partial charge in [0, 0.05) is 30.8 Å². The number of nitrogens with one attached hydrogen (secondary N) is 1. The standard InChI is InChI=1S/C12H19N3O2/c1-12(2,7-16)14-11(17)9-3-4-15-8-13-6-10(15)5-9/h6,8-9,16H,3-5,7H2,1-2H3,(H,14,17). The first-order valence-corrected chi connectivity index (χ1v) is 5.94. The van der Waals surface area contributed by atoms with Crippen molar-refractivity contribution in [3.63, 3.8) is 0 Å². The van der Waals surface area contributed by atoms with E-state index in [2.05, 4.69) is 14.9 Å². The first-order valence-electron chi connectivity index (χ1n) is 5.94. The van der Waals surface area contributed by atoms with Crippen molar-refractivity contribution in [3.05, 3.63) is 18.2 Å². The molecule has 5 nitrogen and oxygen atoms in total. The molecule has 5 heteroatoms. The van der Waals surface area contributed by atoms with Gasteiger partial charge in [0.05, 0.1) is 18.5 Å². The molecule has 0 saturated heterocycles. The van der Waals surface area contributed by atoms with E-state index >= 15 is 0 Å². The third-order valence-corrected chi connectivity index (χ3v) is 3.20. The van der Waals surface area contributed by atoms with Crippen molar-refractivity contribution >= 4 is 5.91 Å². The molecule has 0 bridgehead atoms. The van der Waals surface area contributed by atoms with Crippen LogP contribution >= 0.6 is 0 Å². The zero-order valence-corrected chi connectivity index (χ0v) is 10.3. The third kappa shape index (κ3) is 2.66. The quantitative estimate of drug-likeness (QED) is 0.796. The predicted molar refractivity (Wildman–Crippen MR) is 63.3 cm³/mol. The molecule has 94 valence electrons. The molecule has 0 radical (unpaired) electrons. The molecule has 1 aliphatic rings. The maximum atomic E-state index is 12.1. The molecule has 1 atom stereocenters. The van der Waals surface area contributed by atoms with Gasteiger partial charge in [-0.3, -0.25) is 4.79 Å². The fourth-order valence-electron chi connectivity index (χ4n) is 2.07. The molecule has 0 aliphatic carbocycles. The number of aliphatic hydroxyl groups excluding tert-OH is 1. The van der Waals surface area contributed by atoms with Crippen LogP contribution < -0.4 is 5.32 Å². The lowest BCUT2D eigenvalue weighted by molar-refractivity contribution is -0.127. The highest BCUT2D eigenvalue weighted by atomic mass is 16.3. The van der Waals surface area contributed by atoms with E-state index < -0.39 is 5.54 Å². The topological polar surface area (TPSA) is 67.2 Å². The zero-order valence-electron chi connectivity index (χ0n) is 10.3. The molecular formula is C12H19N3O2. The van der Waals surface area contributed by atoms with Crippen LogP contribution in [0.3, 0.4) is 0 Å². The van der Waals surface area contributed by atoms with E-state index in [4.69, 9.17) is 5.11 Å². The summed E-state index contributed by atoms with van der Waals surface area (Å²) in [5.41, 5.74) is 0.563. The Balaban J connectivity index is 1.99. The largest absolute Gasteiger partial charge is 0.394 e. The number of amides is 1. The Morgan fingerprint density at radius 3 is 3.18 bits per heavy atom. The monoisotopic (exact) mass is 237 g/mol. The number of hydrogen-bond donors (Lipinski definition) is 2. The van der Waals surface area contributed by atoms with Crippen molar-refractivity contribution < 1.29 is 9.90 Å². The Hall–Kier alpha value is -1.36. The normalized spacial score (nSPS) is 19.8. The fourth-order valence-corrected chi connectivity index (χ4v) is 2.07. The van der Waals surface area contributed by atoms with Gasteiger partial charge in [-0.15, -0.1) is 0 Å². The van der Waals surface area contributed by atoms with Gasteiger partial charge in [0.15, 0.2) is 0 Å². The van der Waals surface area contributed by atoms with Gasteiger partial charge in [-0.2, -0.15) is 0 Å². The van der Waals surface area contributed by atoms with Crippen molar-refractivity contribution in [1.29, 1.82) is 0 Å². The van der Waals surface area contributed by atoms with E-state index in [1.807, 2.05) is 20.0 Å². The molecule has 2 heterocycles. The average molecular weight is 237 g/mol. The Kier molecular flexibility index (Phi) is 3.19. The predicted octanol–water partition coefficient (Wildman–Crippen LogP) is 0.333. The molecule has 1 aromatic rings. The summed E-state index contributed by atoms with van der Waals surface area (Å²) in [5.74, 6) is 0.0153. The summed E-state index contributed by atoms with van der Waals surface area (Å²) in [6.45, 7) is 4.42.